The van der Waals surface area contributed by atoms with E-state index in [1.807, 2.05) is 24.3 Å². The van der Waals surface area contributed by atoms with Gasteiger partial charge in [0.05, 0.1) is 5.52 Å². The van der Waals surface area contributed by atoms with Crippen LogP contribution in [-0.4, -0.2) is 22.0 Å². The van der Waals surface area contributed by atoms with Crippen LogP contribution in [0.4, 0.5) is 0 Å². The number of nitrogens with zero attached hydrogens (tertiary/aromatic N) is 1. The number of Topliss-reactive ketones (excluding diaryl/α,β-unsaturated/α-hetero) is 1. The molecule has 1 aromatic carbocycles. The number of hydrogen-bond acceptors (Lipinski definition) is 3. The zero-order valence-corrected chi connectivity index (χ0v) is 9.65. The van der Waals surface area contributed by atoms with E-state index >= 15 is 0 Å². The lowest BCUT2D eigenvalue weighted by Crippen LogP contribution is -2.01. The standard InChI is InChI=1S/C14H9N2O2/c1-8(18)13-14-11(6-9(7-17)15-13)10-4-2-3-5-12(10)16-14/h2-6,16H,1H3. The molecule has 0 aliphatic carbocycles. The molecular formula is C14H9N2O2. The van der Waals surface area contributed by atoms with Crippen LogP contribution in [0.15, 0.2) is 30.3 Å². The van der Waals surface area contributed by atoms with Gasteiger partial charge >= 0.3 is 0 Å². The highest BCUT2D eigenvalue weighted by Gasteiger charge is 2.14. The number of para-hydroxylation sites is 1. The summed E-state index contributed by atoms with van der Waals surface area (Å²) in [6.07, 6.45) is 1.74. The third kappa shape index (κ3) is 1.43. The van der Waals surface area contributed by atoms with Gasteiger partial charge in [0.1, 0.15) is 11.4 Å². The predicted molar refractivity (Wildman–Crippen MR) is 68.4 cm³/mol. The molecular weight excluding hydrogens is 228 g/mol. The second-order valence-electron chi connectivity index (χ2n) is 4.11. The fourth-order valence-electron chi connectivity index (χ4n) is 2.15. The molecule has 4 nitrogen and oxygen atoms in total. The number of benzene rings is 1. The molecule has 0 spiro atoms. The molecule has 0 amide bonds. The van der Waals surface area contributed by atoms with Gasteiger partial charge in [-0.05, 0) is 12.1 Å². The van der Waals surface area contributed by atoms with Gasteiger partial charge in [0, 0.05) is 23.2 Å². The Kier molecular flexibility index (Phi) is 2.23. The smallest absolute Gasteiger partial charge is 0.253 e. The highest BCUT2D eigenvalue weighted by molar-refractivity contribution is 6.14. The number of carbonyl (C=O) groups is 1. The fourth-order valence-corrected chi connectivity index (χ4v) is 2.15. The van der Waals surface area contributed by atoms with Crippen LogP contribution in [0.5, 0.6) is 0 Å². The molecule has 3 aromatic rings. The lowest BCUT2D eigenvalue weighted by atomic mass is 10.1. The number of H-pyrrole nitrogens is 1. The van der Waals surface area contributed by atoms with E-state index in [0.29, 0.717) is 5.52 Å². The number of ketones is 1. The number of fused-ring (bicyclic) bond motifs is 3. The van der Waals surface area contributed by atoms with Crippen LogP contribution < -0.4 is 0 Å². The first-order chi connectivity index (χ1) is 8.70. The van der Waals surface area contributed by atoms with E-state index in [-0.39, 0.29) is 17.2 Å². The summed E-state index contributed by atoms with van der Waals surface area (Å²) in [7, 11) is 0. The van der Waals surface area contributed by atoms with Crippen molar-refractivity contribution in [2.45, 2.75) is 6.92 Å². The average Bonchev–Trinajstić information content (AvgIpc) is 2.75. The Morgan fingerprint density at radius 2 is 2.06 bits per heavy atom. The van der Waals surface area contributed by atoms with Gasteiger partial charge in [-0.1, -0.05) is 18.2 Å². The molecule has 0 saturated heterocycles. The topological polar surface area (TPSA) is 62.8 Å². The van der Waals surface area contributed by atoms with E-state index in [2.05, 4.69) is 9.97 Å². The number of aromatic amines is 1. The van der Waals surface area contributed by atoms with E-state index in [1.54, 1.807) is 12.4 Å². The Hall–Kier alpha value is -2.49. The van der Waals surface area contributed by atoms with Crippen LogP contribution in [0.2, 0.25) is 0 Å². The lowest BCUT2D eigenvalue weighted by molar-refractivity contribution is 0.101. The summed E-state index contributed by atoms with van der Waals surface area (Å²) in [6.45, 7) is 1.43. The van der Waals surface area contributed by atoms with Crippen LogP contribution in [0.25, 0.3) is 21.8 Å². The Labute approximate surface area is 103 Å². The molecule has 3 rings (SSSR count). The van der Waals surface area contributed by atoms with Crippen molar-refractivity contribution in [1.82, 2.24) is 9.97 Å². The minimum atomic E-state index is -0.177. The monoisotopic (exact) mass is 237 g/mol. The van der Waals surface area contributed by atoms with Gasteiger partial charge in [0.2, 0.25) is 0 Å². The largest absolute Gasteiger partial charge is 0.353 e. The van der Waals surface area contributed by atoms with Crippen LogP contribution in [0.1, 0.15) is 23.1 Å². The Balaban J connectivity index is 2.54. The fraction of sp³-hybridized carbons (Fsp3) is 0.0714. The molecule has 87 valence electrons. The SMILES string of the molecule is CC(=O)c1nc([C]=O)cc2c1[nH]c1ccccc12. The van der Waals surface area contributed by atoms with Crippen LogP contribution in [0, 0.1) is 0 Å². The number of hydrogen-bond donors (Lipinski definition) is 1. The zero-order chi connectivity index (χ0) is 12.7. The third-order valence-electron chi connectivity index (χ3n) is 2.93. The summed E-state index contributed by atoms with van der Waals surface area (Å²) in [5, 5.41) is 1.79. The second kappa shape index (κ2) is 3.77. The van der Waals surface area contributed by atoms with Crippen molar-refractivity contribution in [2.75, 3.05) is 0 Å². The first kappa shape index (κ1) is 10.7. The van der Waals surface area contributed by atoms with Gasteiger partial charge in [0.15, 0.2) is 5.78 Å². The summed E-state index contributed by atoms with van der Waals surface area (Å²) in [6, 6.07) is 9.32. The molecule has 0 bridgehead atoms. The van der Waals surface area contributed by atoms with Crippen molar-refractivity contribution in [3.8, 4) is 0 Å². The van der Waals surface area contributed by atoms with Crippen molar-refractivity contribution in [1.29, 1.82) is 0 Å². The van der Waals surface area contributed by atoms with E-state index in [0.717, 1.165) is 16.3 Å². The van der Waals surface area contributed by atoms with Crippen molar-refractivity contribution in [3.63, 3.8) is 0 Å². The molecule has 1 radical (unpaired) electrons. The molecule has 2 aromatic heterocycles. The van der Waals surface area contributed by atoms with E-state index in [1.165, 1.54) is 6.92 Å². The number of aromatic nitrogens is 2. The maximum absolute atomic E-state index is 11.6. The molecule has 0 atom stereocenters. The molecule has 0 aliphatic heterocycles. The zero-order valence-electron chi connectivity index (χ0n) is 9.65. The molecule has 1 N–H and O–H groups in total. The van der Waals surface area contributed by atoms with Crippen molar-refractivity contribution in [2.24, 2.45) is 0 Å². The van der Waals surface area contributed by atoms with E-state index < -0.39 is 0 Å². The Bertz CT molecular complexity index is 787. The minimum absolute atomic E-state index is 0.150. The first-order valence-electron chi connectivity index (χ1n) is 5.51. The van der Waals surface area contributed by atoms with Gasteiger partial charge in [-0.2, -0.15) is 0 Å². The normalized spacial score (nSPS) is 10.9. The molecule has 2 heterocycles. The van der Waals surface area contributed by atoms with Crippen LogP contribution in [-0.2, 0) is 4.79 Å². The third-order valence-corrected chi connectivity index (χ3v) is 2.93. The van der Waals surface area contributed by atoms with Gasteiger partial charge < -0.3 is 4.98 Å². The molecule has 0 aliphatic rings. The Morgan fingerprint density at radius 1 is 1.28 bits per heavy atom. The predicted octanol–water partition coefficient (Wildman–Crippen LogP) is 2.38. The highest BCUT2D eigenvalue weighted by atomic mass is 16.1. The lowest BCUT2D eigenvalue weighted by Gasteiger charge is -1.99. The quantitative estimate of drug-likeness (QED) is 0.696. The van der Waals surface area contributed by atoms with Crippen molar-refractivity contribution < 1.29 is 9.59 Å². The highest BCUT2D eigenvalue weighted by Crippen LogP contribution is 2.27. The van der Waals surface area contributed by atoms with Gasteiger partial charge in [-0.15, -0.1) is 0 Å². The number of pyridine rings is 1. The molecule has 18 heavy (non-hydrogen) atoms. The number of nitrogens with one attached hydrogen (secondary N) is 1. The molecule has 0 saturated carbocycles. The molecule has 0 unspecified atom stereocenters. The first-order valence-corrected chi connectivity index (χ1v) is 5.51. The summed E-state index contributed by atoms with van der Waals surface area (Å²) < 4.78 is 0. The van der Waals surface area contributed by atoms with E-state index in [9.17, 15) is 9.59 Å². The molecule has 4 heteroatoms. The minimum Gasteiger partial charge on any atom is -0.353 e. The maximum atomic E-state index is 11.6. The van der Waals surface area contributed by atoms with E-state index in [4.69, 9.17) is 0 Å². The van der Waals surface area contributed by atoms with Crippen molar-refractivity contribution in [3.05, 3.63) is 41.7 Å². The van der Waals surface area contributed by atoms with Gasteiger partial charge in [-0.3, -0.25) is 9.59 Å². The summed E-state index contributed by atoms with van der Waals surface area (Å²) in [5.41, 5.74) is 2.02. The van der Waals surface area contributed by atoms with Gasteiger partial charge in [-0.25, -0.2) is 4.98 Å². The Morgan fingerprint density at radius 3 is 2.78 bits per heavy atom. The maximum Gasteiger partial charge on any atom is 0.253 e. The van der Waals surface area contributed by atoms with Crippen LogP contribution in [0.3, 0.4) is 0 Å². The summed E-state index contributed by atoms with van der Waals surface area (Å²) >= 11 is 0. The number of rotatable bonds is 2. The van der Waals surface area contributed by atoms with Gasteiger partial charge in [0.25, 0.3) is 6.29 Å². The second-order valence-corrected chi connectivity index (χ2v) is 4.11. The van der Waals surface area contributed by atoms with Crippen molar-refractivity contribution >= 4 is 33.9 Å². The van der Waals surface area contributed by atoms with Crippen LogP contribution >= 0.6 is 0 Å². The summed E-state index contributed by atoms with van der Waals surface area (Å²) in [4.78, 5) is 29.5. The average molecular weight is 237 g/mol. The summed E-state index contributed by atoms with van der Waals surface area (Å²) in [5.74, 6) is -0.177. The molecule has 0 fully saturated rings. The number of carbonyl (C=O) groups excluding carboxylic acids is 2.